The Morgan fingerprint density at radius 1 is 1.17 bits per heavy atom. The highest BCUT2D eigenvalue weighted by molar-refractivity contribution is 6.31. The van der Waals surface area contributed by atoms with E-state index in [9.17, 15) is 14.0 Å². The summed E-state index contributed by atoms with van der Waals surface area (Å²) in [5, 5.41) is 7.03. The van der Waals surface area contributed by atoms with Crippen molar-refractivity contribution in [2.75, 3.05) is 0 Å². The molecule has 2 aromatic carbocycles. The zero-order chi connectivity index (χ0) is 20.4. The number of halogens is 2. The molecule has 0 saturated heterocycles. The number of benzene rings is 2. The molecule has 0 radical (unpaired) electrons. The van der Waals surface area contributed by atoms with Crippen LogP contribution in [0.1, 0.15) is 5.56 Å². The zero-order valence-corrected chi connectivity index (χ0v) is 15.7. The lowest BCUT2D eigenvalue weighted by atomic mass is 10.1. The van der Waals surface area contributed by atoms with Gasteiger partial charge in [0.2, 0.25) is 5.91 Å². The summed E-state index contributed by atoms with van der Waals surface area (Å²) in [4.78, 5) is 29.2. The number of carbonyl (C=O) groups is 1. The standard InChI is InChI=1S/C20H14ClFN4O3/c21-14-7-3-1-5-12(14)9-23-16(27)10-26-11-24-19-17(20(26)28)18(25-29-19)13-6-2-4-8-15(13)22/h1-8,11H,9-10H2,(H,23,27). The maximum Gasteiger partial charge on any atom is 0.267 e. The van der Waals surface area contributed by atoms with Crippen LogP contribution in [0, 0.1) is 5.82 Å². The van der Waals surface area contributed by atoms with Crippen LogP contribution in [0.4, 0.5) is 4.39 Å². The lowest BCUT2D eigenvalue weighted by molar-refractivity contribution is -0.121. The van der Waals surface area contributed by atoms with Gasteiger partial charge in [-0.15, -0.1) is 0 Å². The number of amides is 1. The first-order chi connectivity index (χ1) is 14.0. The third-order valence-electron chi connectivity index (χ3n) is 4.34. The first-order valence-corrected chi connectivity index (χ1v) is 9.02. The predicted octanol–water partition coefficient (Wildman–Crippen LogP) is 3.16. The van der Waals surface area contributed by atoms with Crippen LogP contribution in [-0.2, 0) is 17.9 Å². The first-order valence-electron chi connectivity index (χ1n) is 8.64. The van der Waals surface area contributed by atoms with E-state index in [-0.39, 0.29) is 35.4 Å². The molecule has 0 atom stereocenters. The highest BCUT2D eigenvalue weighted by atomic mass is 35.5. The fourth-order valence-electron chi connectivity index (χ4n) is 2.88. The van der Waals surface area contributed by atoms with Crippen LogP contribution in [0.25, 0.3) is 22.4 Å². The normalized spacial score (nSPS) is 11.0. The third kappa shape index (κ3) is 3.74. The molecule has 9 heteroatoms. The second-order valence-corrected chi connectivity index (χ2v) is 6.64. The van der Waals surface area contributed by atoms with Gasteiger partial charge in [-0.1, -0.05) is 47.1 Å². The molecule has 1 amide bonds. The summed E-state index contributed by atoms with van der Waals surface area (Å²) in [6.07, 6.45) is 1.19. The number of nitrogens with zero attached hydrogens (tertiary/aromatic N) is 3. The molecule has 7 nitrogen and oxygen atoms in total. The number of fused-ring (bicyclic) bond motifs is 1. The monoisotopic (exact) mass is 412 g/mol. The maximum atomic E-state index is 14.1. The average molecular weight is 413 g/mol. The van der Waals surface area contributed by atoms with Crippen molar-refractivity contribution < 1.29 is 13.7 Å². The van der Waals surface area contributed by atoms with Crippen molar-refractivity contribution >= 4 is 28.6 Å². The number of rotatable bonds is 5. The van der Waals surface area contributed by atoms with Crippen LogP contribution in [0.5, 0.6) is 0 Å². The molecule has 4 aromatic rings. The van der Waals surface area contributed by atoms with E-state index in [4.69, 9.17) is 16.1 Å². The zero-order valence-electron chi connectivity index (χ0n) is 14.9. The van der Waals surface area contributed by atoms with Gasteiger partial charge < -0.3 is 9.84 Å². The predicted molar refractivity (Wildman–Crippen MR) is 105 cm³/mol. The van der Waals surface area contributed by atoms with Gasteiger partial charge in [0.1, 0.15) is 29.8 Å². The highest BCUT2D eigenvalue weighted by Gasteiger charge is 2.20. The molecule has 0 saturated carbocycles. The second kappa shape index (κ2) is 7.84. The molecule has 146 valence electrons. The number of hydrogen-bond acceptors (Lipinski definition) is 5. The molecule has 4 rings (SSSR count). The van der Waals surface area contributed by atoms with Crippen molar-refractivity contribution in [3.05, 3.63) is 81.6 Å². The molecule has 0 bridgehead atoms. The molecule has 1 N–H and O–H groups in total. The SMILES string of the molecule is O=C(Cn1cnc2onc(-c3ccccc3F)c2c1=O)NCc1ccccc1Cl. The van der Waals surface area contributed by atoms with Gasteiger partial charge in [0.25, 0.3) is 11.3 Å². The molecule has 29 heavy (non-hydrogen) atoms. The number of hydrogen-bond donors (Lipinski definition) is 1. The minimum atomic E-state index is -0.553. The molecule has 2 aromatic heterocycles. The second-order valence-electron chi connectivity index (χ2n) is 6.24. The fourth-order valence-corrected chi connectivity index (χ4v) is 3.08. The molecule has 0 aliphatic rings. The Kier molecular flexibility index (Phi) is 5.09. The fraction of sp³-hybridized carbons (Fsp3) is 0.100. The van der Waals surface area contributed by atoms with Gasteiger partial charge in [0.05, 0.1) is 0 Å². The van der Waals surface area contributed by atoms with Crippen LogP contribution in [0.2, 0.25) is 5.02 Å². The summed E-state index contributed by atoms with van der Waals surface area (Å²) in [5.41, 5.74) is 0.334. The van der Waals surface area contributed by atoms with Crippen LogP contribution in [-0.4, -0.2) is 20.6 Å². The summed E-state index contributed by atoms with van der Waals surface area (Å²) in [7, 11) is 0. The van der Waals surface area contributed by atoms with Crippen LogP contribution in [0.15, 0.2) is 64.2 Å². The Balaban J connectivity index is 1.60. The Hall–Kier alpha value is -3.52. The minimum Gasteiger partial charge on any atom is -0.350 e. The van der Waals surface area contributed by atoms with E-state index < -0.39 is 17.3 Å². The molecule has 0 fully saturated rings. The molecule has 0 unspecified atom stereocenters. The van der Waals surface area contributed by atoms with Crippen molar-refractivity contribution in [1.82, 2.24) is 20.0 Å². The van der Waals surface area contributed by atoms with E-state index in [0.29, 0.717) is 5.02 Å². The van der Waals surface area contributed by atoms with Gasteiger partial charge in [0, 0.05) is 17.1 Å². The molecular formula is C20H14ClFN4O3. The van der Waals surface area contributed by atoms with Crippen molar-refractivity contribution in [3.63, 3.8) is 0 Å². The summed E-state index contributed by atoms with van der Waals surface area (Å²) in [5.74, 6) is -0.952. The van der Waals surface area contributed by atoms with Crippen LogP contribution in [0.3, 0.4) is 0 Å². The van der Waals surface area contributed by atoms with Gasteiger partial charge in [-0.25, -0.2) is 9.37 Å². The lowest BCUT2D eigenvalue weighted by Gasteiger charge is -2.08. The number of carbonyl (C=O) groups excluding carboxylic acids is 1. The minimum absolute atomic E-state index is 0.0107. The Bertz CT molecular complexity index is 1270. The maximum absolute atomic E-state index is 14.1. The van der Waals surface area contributed by atoms with Crippen LogP contribution >= 0.6 is 11.6 Å². The van der Waals surface area contributed by atoms with Crippen molar-refractivity contribution in [3.8, 4) is 11.3 Å². The molecule has 0 aliphatic heterocycles. The quantitative estimate of drug-likeness (QED) is 0.543. The number of aromatic nitrogens is 3. The highest BCUT2D eigenvalue weighted by Crippen LogP contribution is 2.26. The van der Waals surface area contributed by atoms with E-state index in [1.54, 1.807) is 24.3 Å². The van der Waals surface area contributed by atoms with E-state index in [1.165, 1.54) is 24.5 Å². The van der Waals surface area contributed by atoms with Gasteiger partial charge in [-0.3, -0.25) is 14.2 Å². The van der Waals surface area contributed by atoms with Gasteiger partial charge in [-0.2, -0.15) is 0 Å². The summed E-state index contributed by atoms with van der Waals surface area (Å²) in [6, 6.07) is 13.0. The molecule has 0 spiro atoms. The lowest BCUT2D eigenvalue weighted by Crippen LogP contribution is -2.32. The summed E-state index contributed by atoms with van der Waals surface area (Å²) >= 11 is 6.07. The van der Waals surface area contributed by atoms with Gasteiger partial charge in [-0.05, 0) is 23.8 Å². The molecule has 2 heterocycles. The Labute approximate surface area is 168 Å². The number of nitrogens with one attached hydrogen (secondary N) is 1. The largest absolute Gasteiger partial charge is 0.350 e. The summed E-state index contributed by atoms with van der Waals surface area (Å²) < 4.78 is 20.3. The topological polar surface area (TPSA) is 90.0 Å². The van der Waals surface area contributed by atoms with Crippen molar-refractivity contribution in [2.45, 2.75) is 13.1 Å². The molecular weight excluding hydrogens is 399 g/mol. The van der Waals surface area contributed by atoms with Crippen molar-refractivity contribution in [2.24, 2.45) is 0 Å². The van der Waals surface area contributed by atoms with Gasteiger partial charge in [0.15, 0.2) is 0 Å². The van der Waals surface area contributed by atoms with Gasteiger partial charge >= 0.3 is 0 Å². The van der Waals surface area contributed by atoms with E-state index >= 15 is 0 Å². The smallest absolute Gasteiger partial charge is 0.267 e. The molecule has 0 aliphatic carbocycles. The Morgan fingerprint density at radius 2 is 1.93 bits per heavy atom. The van der Waals surface area contributed by atoms with Crippen molar-refractivity contribution in [1.29, 1.82) is 0 Å². The van der Waals surface area contributed by atoms with E-state index in [1.807, 2.05) is 6.07 Å². The van der Waals surface area contributed by atoms with E-state index in [0.717, 1.165) is 10.1 Å². The Morgan fingerprint density at radius 3 is 2.72 bits per heavy atom. The third-order valence-corrected chi connectivity index (χ3v) is 4.71. The van der Waals surface area contributed by atoms with Crippen LogP contribution < -0.4 is 10.9 Å². The first kappa shape index (κ1) is 18.8. The summed E-state index contributed by atoms with van der Waals surface area (Å²) in [6.45, 7) is -0.0508. The average Bonchev–Trinajstić information content (AvgIpc) is 3.14. The van der Waals surface area contributed by atoms with E-state index in [2.05, 4.69) is 15.5 Å².